The van der Waals surface area contributed by atoms with E-state index in [1.165, 1.54) is 6.42 Å². The highest BCUT2D eigenvalue weighted by Gasteiger charge is 2.28. The van der Waals surface area contributed by atoms with Crippen molar-refractivity contribution in [2.45, 2.75) is 45.7 Å². The van der Waals surface area contributed by atoms with E-state index in [0.717, 1.165) is 49.3 Å². The number of rotatable bonds is 6. The minimum atomic E-state index is -0.0219. The van der Waals surface area contributed by atoms with Crippen LogP contribution in [-0.4, -0.2) is 46.5 Å². The Morgan fingerprint density at radius 1 is 1.22 bits per heavy atom. The number of urea groups is 1. The van der Waals surface area contributed by atoms with E-state index >= 15 is 0 Å². The van der Waals surface area contributed by atoms with Crippen LogP contribution in [0.3, 0.4) is 0 Å². The van der Waals surface area contributed by atoms with Gasteiger partial charge < -0.3 is 15.1 Å². The van der Waals surface area contributed by atoms with E-state index in [2.05, 4.69) is 22.1 Å². The Hall–Kier alpha value is -2.40. The van der Waals surface area contributed by atoms with Crippen LogP contribution >= 0.6 is 0 Å². The molecule has 1 aliphatic rings. The van der Waals surface area contributed by atoms with Crippen molar-refractivity contribution in [3.8, 4) is 0 Å². The van der Waals surface area contributed by atoms with E-state index < -0.39 is 0 Å². The van der Waals surface area contributed by atoms with Crippen molar-refractivity contribution < 1.29 is 4.79 Å². The number of carbonyl (C=O) groups is 1. The topological polar surface area (TPSA) is 48.5 Å². The van der Waals surface area contributed by atoms with E-state index in [1.807, 2.05) is 48.2 Å². The highest BCUT2D eigenvalue weighted by atomic mass is 16.2. The molecule has 3 rings (SSSR count). The van der Waals surface area contributed by atoms with Gasteiger partial charge in [-0.2, -0.15) is 0 Å². The molecule has 0 atom stereocenters. The van der Waals surface area contributed by atoms with Gasteiger partial charge in [-0.15, -0.1) is 0 Å². The Bertz CT molecular complexity index is 726. The first-order valence-corrected chi connectivity index (χ1v) is 9.91. The third kappa shape index (κ3) is 5.54. The average molecular weight is 367 g/mol. The third-order valence-corrected chi connectivity index (χ3v) is 5.17. The molecule has 1 fully saturated rings. The molecule has 144 valence electrons. The lowest BCUT2D eigenvalue weighted by Gasteiger charge is -2.38. The Kier molecular flexibility index (Phi) is 6.82. The van der Waals surface area contributed by atoms with Gasteiger partial charge in [0.15, 0.2) is 0 Å². The summed E-state index contributed by atoms with van der Waals surface area (Å²) in [6.07, 6.45) is 6.80. The molecule has 1 N–H and O–H groups in total. The molecule has 0 radical (unpaired) electrons. The van der Waals surface area contributed by atoms with Crippen molar-refractivity contribution in [2.24, 2.45) is 0 Å². The number of piperidine rings is 1. The summed E-state index contributed by atoms with van der Waals surface area (Å²) in [5.41, 5.74) is 3.10. The lowest BCUT2D eigenvalue weighted by atomic mass is 10.0. The molecule has 0 unspecified atom stereocenters. The standard InChI is InChI=1S/C22H30N4O/c1-3-13-25-14-9-21(10-15-25)26(17-19-7-11-23-12-8-19)22(27)24-20-6-4-5-18(2)16-20/h4-8,11-12,16,21H,3,9-10,13-15,17H2,1-2H3,(H,24,27). The van der Waals surface area contributed by atoms with Gasteiger partial charge in [0.1, 0.15) is 0 Å². The number of pyridine rings is 1. The number of amides is 2. The summed E-state index contributed by atoms with van der Waals surface area (Å²) in [6.45, 7) is 8.13. The molecule has 1 aromatic heterocycles. The molecular formula is C22H30N4O. The maximum atomic E-state index is 13.1. The van der Waals surface area contributed by atoms with Crippen LogP contribution in [0.5, 0.6) is 0 Å². The fourth-order valence-electron chi connectivity index (χ4n) is 3.74. The molecule has 2 amide bonds. The minimum Gasteiger partial charge on any atom is -0.317 e. The third-order valence-electron chi connectivity index (χ3n) is 5.17. The molecule has 0 spiro atoms. The second kappa shape index (κ2) is 9.51. The molecule has 1 aromatic carbocycles. The SMILES string of the molecule is CCCN1CCC(N(Cc2ccncc2)C(=O)Nc2cccc(C)c2)CC1. The highest BCUT2D eigenvalue weighted by molar-refractivity contribution is 5.89. The fourth-order valence-corrected chi connectivity index (χ4v) is 3.74. The first-order chi connectivity index (χ1) is 13.2. The fraction of sp³-hybridized carbons (Fsp3) is 0.455. The lowest BCUT2D eigenvalue weighted by Crippen LogP contribution is -2.48. The number of nitrogens with zero attached hydrogens (tertiary/aromatic N) is 3. The lowest BCUT2D eigenvalue weighted by molar-refractivity contribution is 0.123. The zero-order chi connectivity index (χ0) is 19.1. The van der Waals surface area contributed by atoms with E-state index in [0.29, 0.717) is 6.54 Å². The van der Waals surface area contributed by atoms with Crippen LogP contribution in [-0.2, 0) is 6.54 Å². The summed E-state index contributed by atoms with van der Waals surface area (Å²) in [4.78, 5) is 21.7. The Labute approximate surface area is 162 Å². The van der Waals surface area contributed by atoms with Gasteiger partial charge in [0, 0.05) is 43.8 Å². The van der Waals surface area contributed by atoms with Crippen molar-refractivity contribution in [2.75, 3.05) is 25.0 Å². The smallest absolute Gasteiger partial charge is 0.317 e. The summed E-state index contributed by atoms with van der Waals surface area (Å²) in [7, 11) is 0. The normalized spacial score (nSPS) is 15.5. The second-order valence-corrected chi connectivity index (χ2v) is 7.36. The van der Waals surface area contributed by atoms with Crippen molar-refractivity contribution in [1.29, 1.82) is 0 Å². The number of benzene rings is 1. The molecule has 0 saturated carbocycles. The van der Waals surface area contributed by atoms with E-state index in [9.17, 15) is 4.79 Å². The highest BCUT2D eigenvalue weighted by Crippen LogP contribution is 2.21. The van der Waals surface area contributed by atoms with Gasteiger partial charge in [0.25, 0.3) is 0 Å². The molecule has 27 heavy (non-hydrogen) atoms. The summed E-state index contributed by atoms with van der Waals surface area (Å²) >= 11 is 0. The Morgan fingerprint density at radius 3 is 2.63 bits per heavy atom. The van der Waals surface area contributed by atoms with Crippen molar-refractivity contribution in [3.05, 3.63) is 59.9 Å². The molecule has 1 aliphatic heterocycles. The van der Waals surface area contributed by atoms with E-state index in [-0.39, 0.29) is 12.1 Å². The van der Waals surface area contributed by atoms with Crippen LogP contribution in [0.15, 0.2) is 48.8 Å². The number of hydrogen-bond donors (Lipinski definition) is 1. The molecule has 2 heterocycles. The molecular weight excluding hydrogens is 336 g/mol. The average Bonchev–Trinajstić information content (AvgIpc) is 2.68. The summed E-state index contributed by atoms with van der Waals surface area (Å²) in [5, 5.41) is 3.09. The van der Waals surface area contributed by atoms with Gasteiger partial charge in [0.2, 0.25) is 0 Å². The van der Waals surface area contributed by atoms with Crippen LogP contribution < -0.4 is 5.32 Å². The zero-order valence-electron chi connectivity index (χ0n) is 16.4. The molecule has 1 saturated heterocycles. The Balaban J connectivity index is 1.72. The monoisotopic (exact) mass is 366 g/mol. The molecule has 0 bridgehead atoms. The number of aromatic nitrogens is 1. The number of hydrogen-bond acceptors (Lipinski definition) is 3. The number of aryl methyl sites for hydroxylation is 1. The first-order valence-electron chi connectivity index (χ1n) is 9.91. The van der Waals surface area contributed by atoms with Gasteiger partial charge in [0.05, 0.1) is 0 Å². The summed E-state index contributed by atoms with van der Waals surface area (Å²) in [6, 6.07) is 12.2. The second-order valence-electron chi connectivity index (χ2n) is 7.36. The largest absolute Gasteiger partial charge is 0.322 e. The maximum absolute atomic E-state index is 13.1. The van der Waals surface area contributed by atoms with Gasteiger partial charge in [-0.1, -0.05) is 19.1 Å². The number of nitrogens with one attached hydrogen (secondary N) is 1. The number of likely N-dealkylation sites (tertiary alicyclic amines) is 1. The van der Waals surface area contributed by atoms with E-state index in [4.69, 9.17) is 0 Å². The molecule has 2 aromatic rings. The first kappa shape index (κ1) is 19.4. The van der Waals surface area contributed by atoms with Crippen LogP contribution in [0.2, 0.25) is 0 Å². The molecule has 0 aliphatic carbocycles. The van der Waals surface area contributed by atoms with Crippen molar-refractivity contribution >= 4 is 11.7 Å². The molecule has 5 heteroatoms. The van der Waals surface area contributed by atoms with Crippen LogP contribution in [0.25, 0.3) is 0 Å². The van der Waals surface area contributed by atoms with Crippen LogP contribution in [0, 0.1) is 6.92 Å². The zero-order valence-corrected chi connectivity index (χ0v) is 16.4. The number of anilines is 1. The quantitative estimate of drug-likeness (QED) is 0.829. The Morgan fingerprint density at radius 2 is 1.96 bits per heavy atom. The minimum absolute atomic E-state index is 0.0219. The van der Waals surface area contributed by atoms with Crippen molar-refractivity contribution in [3.63, 3.8) is 0 Å². The summed E-state index contributed by atoms with van der Waals surface area (Å²) in [5.74, 6) is 0. The summed E-state index contributed by atoms with van der Waals surface area (Å²) < 4.78 is 0. The van der Waals surface area contributed by atoms with Gasteiger partial charge >= 0.3 is 6.03 Å². The van der Waals surface area contributed by atoms with E-state index in [1.54, 1.807) is 12.4 Å². The molecule has 5 nitrogen and oxygen atoms in total. The van der Waals surface area contributed by atoms with Gasteiger partial charge in [-0.25, -0.2) is 4.79 Å². The number of carbonyl (C=O) groups excluding carboxylic acids is 1. The van der Waals surface area contributed by atoms with Crippen LogP contribution in [0.1, 0.15) is 37.3 Å². The van der Waals surface area contributed by atoms with Crippen molar-refractivity contribution in [1.82, 2.24) is 14.8 Å². The van der Waals surface area contributed by atoms with Gasteiger partial charge in [-0.3, -0.25) is 4.98 Å². The predicted molar refractivity (Wildman–Crippen MR) is 110 cm³/mol. The van der Waals surface area contributed by atoms with Gasteiger partial charge in [-0.05, 0) is 68.1 Å². The van der Waals surface area contributed by atoms with Crippen LogP contribution in [0.4, 0.5) is 10.5 Å². The predicted octanol–water partition coefficient (Wildman–Crippen LogP) is 4.30. The maximum Gasteiger partial charge on any atom is 0.322 e.